The highest BCUT2D eigenvalue weighted by Gasteiger charge is 1.99. The Bertz CT molecular complexity index is 437. The maximum absolute atomic E-state index is 5.62. The van der Waals surface area contributed by atoms with Crippen LogP contribution in [0.25, 0.3) is 0 Å². The second-order valence-electron chi connectivity index (χ2n) is 3.95. The maximum Gasteiger partial charge on any atom is 0.197 e. The normalized spacial score (nSPS) is 10.5. The quantitative estimate of drug-likeness (QED) is 0.815. The maximum atomic E-state index is 5.62. The molecule has 0 atom stereocenters. The Kier molecular flexibility index (Phi) is 4.78. The number of hydrogen-bond acceptors (Lipinski definition) is 4. The van der Waals surface area contributed by atoms with Crippen LogP contribution in [0.15, 0.2) is 41.1 Å². The number of ether oxygens (including phenoxy) is 1. The Morgan fingerprint density at radius 1 is 1.28 bits per heavy atom. The number of nitrogens with one attached hydrogen (secondary N) is 1. The third-order valence-corrected chi connectivity index (χ3v) is 2.57. The monoisotopic (exact) mass is 246 g/mol. The van der Waals surface area contributed by atoms with Crippen molar-refractivity contribution in [2.75, 3.05) is 13.2 Å². The van der Waals surface area contributed by atoms with Crippen molar-refractivity contribution >= 4 is 0 Å². The van der Waals surface area contributed by atoms with E-state index in [1.165, 1.54) is 5.56 Å². The van der Waals surface area contributed by atoms with Crippen molar-refractivity contribution in [3.05, 3.63) is 48.2 Å². The van der Waals surface area contributed by atoms with Crippen molar-refractivity contribution in [2.24, 2.45) is 0 Å². The van der Waals surface area contributed by atoms with Crippen molar-refractivity contribution in [1.82, 2.24) is 10.3 Å². The van der Waals surface area contributed by atoms with E-state index in [4.69, 9.17) is 9.15 Å². The van der Waals surface area contributed by atoms with Gasteiger partial charge >= 0.3 is 0 Å². The molecule has 4 nitrogen and oxygen atoms in total. The summed E-state index contributed by atoms with van der Waals surface area (Å²) < 4.78 is 10.8. The molecule has 1 N–H and O–H groups in total. The van der Waals surface area contributed by atoms with Gasteiger partial charge in [0, 0.05) is 6.54 Å². The summed E-state index contributed by atoms with van der Waals surface area (Å²) in [6.45, 7) is 4.55. The highest BCUT2D eigenvalue weighted by Crippen LogP contribution is 2.12. The lowest BCUT2D eigenvalue weighted by Crippen LogP contribution is -2.11. The summed E-state index contributed by atoms with van der Waals surface area (Å²) in [6.07, 6.45) is 3.90. The molecule has 0 aliphatic rings. The van der Waals surface area contributed by atoms with E-state index in [1.807, 2.05) is 12.1 Å². The molecule has 0 aliphatic heterocycles. The van der Waals surface area contributed by atoms with Gasteiger partial charge in [0.15, 0.2) is 5.89 Å². The number of hydrogen-bond donors (Lipinski definition) is 1. The zero-order chi connectivity index (χ0) is 12.6. The zero-order valence-corrected chi connectivity index (χ0v) is 10.6. The van der Waals surface area contributed by atoms with Crippen LogP contribution in [-0.2, 0) is 13.0 Å². The van der Waals surface area contributed by atoms with Crippen LogP contribution in [0, 0.1) is 0 Å². The highest BCUT2D eigenvalue weighted by molar-refractivity contribution is 5.27. The fourth-order valence-corrected chi connectivity index (χ4v) is 1.61. The molecule has 0 fully saturated rings. The first-order valence-corrected chi connectivity index (χ1v) is 6.19. The van der Waals surface area contributed by atoms with Gasteiger partial charge in [0.25, 0.3) is 0 Å². The second-order valence-corrected chi connectivity index (χ2v) is 3.95. The lowest BCUT2D eigenvalue weighted by molar-refractivity contribution is 0.306. The van der Waals surface area contributed by atoms with E-state index in [2.05, 4.69) is 29.4 Å². The van der Waals surface area contributed by atoms with Crippen molar-refractivity contribution in [1.29, 1.82) is 0 Å². The number of benzene rings is 1. The van der Waals surface area contributed by atoms with Crippen LogP contribution in [-0.4, -0.2) is 18.1 Å². The molecule has 0 saturated carbocycles. The van der Waals surface area contributed by atoms with Crippen molar-refractivity contribution in [2.45, 2.75) is 19.9 Å². The van der Waals surface area contributed by atoms with Crippen LogP contribution in [0.5, 0.6) is 5.75 Å². The second kappa shape index (κ2) is 6.81. The van der Waals surface area contributed by atoms with Crippen LogP contribution in [0.1, 0.15) is 18.4 Å². The van der Waals surface area contributed by atoms with Gasteiger partial charge in [0.2, 0.25) is 0 Å². The molecular formula is C14H18N2O2. The number of oxazole rings is 1. The Morgan fingerprint density at radius 3 is 2.78 bits per heavy atom. The molecule has 0 spiro atoms. The Balaban J connectivity index is 1.75. The largest absolute Gasteiger partial charge is 0.493 e. The molecule has 2 aromatic rings. The van der Waals surface area contributed by atoms with E-state index in [0.717, 1.165) is 18.8 Å². The Labute approximate surface area is 107 Å². The topological polar surface area (TPSA) is 47.3 Å². The zero-order valence-electron chi connectivity index (χ0n) is 10.6. The molecule has 96 valence electrons. The summed E-state index contributed by atoms with van der Waals surface area (Å²) in [5.41, 5.74) is 1.26. The lowest BCUT2D eigenvalue weighted by atomic mass is 10.2. The van der Waals surface area contributed by atoms with Gasteiger partial charge in [-0.25, -0.2) is 4.98 Å². The van der Waals surface area contributed by atoms with Crippen molar-refractivity contribution < 1.29 is 9.15 Å². The summed E-state index contributed by atoms with van der Waals surface area (Å²) in [5, 5.41) is 3.28. The highest BCUT2D eigenvalue weighted by atomic mass is 16.5. The molecule has 0 saturated heterocycles. The molecule has 0 amide bonds. The number of nitrogens with zero attached hydrogens (tertiary/aromatic N) is 1. The molecule has 18 heavy (non-hydrogen) atoms. The van der Waals surface area contributed by atoms with Crippen LogP contribution in [0.4, 0.5) is 0 Å². The van der Waals surface area contributed by atoms with Crippen LogP contribution >= 0.6 is 0 Å². The number of rotatable bonds is 7. The average Bonchev–Trinajstić information content (AvgIpc) is 2.91. The van der Waals surface area contributed by atoms with Gasteiger partial charge in [-0.2, -0.15) is 0 Å². The molecule has 1 aromatic carbocycles. The minimum Gasteiger partial charge on any atom is -0.493 e. The first kappa shape index (κ1) is 12.6. The van der Waals surface area contributed by atoms with Gasteiger partial charge in [0.05, 0.1) is 19.2 Å². The van der Waals surface area contributed by atoms with E-state index in [9.17, 15) is 0 Å². The van der Waals surface area contributed by atoms with Crippen LogP contribution in [0.3, 0.4) is 0 Å². The fraction of sp³-hybridized carbons (Fsp3) is 0.357. The van der Waals surface area contributed by atoms with Gasteiger partial charge in [0.1, 0.15) is 12.0 Å². The Hall–Kier alpha value is -1.81. The summed E-state index contributed by atoms with van der Waals surface area (Å²) in [4.78, 5) is 4.04. The summed E-state index contributed by atoms with van der Waals surface area (Å²) >= 11 is 0. The van der Waals surface area contributed by atoms with Gasteiger partial charge in [-0.1, -0.05) is 19.1 Å². The first-order chi connectivity index (χ1) is 8.88. The molecule has 0 unspecified atom stereocenters. The van der Waals surface area contributed by atoms with Gasteiger partial charge in [-0.3, -0.25) is 0 Å². The number of aromatic nitrogens is 1. The molecule has 0 aliphatic carbocycles. The van der Waals surface area contributed by atoms with E-state index >= 15 is 0 Å². The summed E-state index contributed by atoms with van der Waals surface area (Å²) in [6, 6.07) is 8.12. The van der Waals surface area contributed by atoms with Crippen molar-refractivity contribution in [3.63, 3.8) is 0 Å². The smallest absolute Gasteiger partial charge is 0.197 e. The predicted molar refractivity (Wildman–Crippen MR) is 69.5 cm³/mol. The molecular weight excluding hydrogens is 228 g/mol. The summed E-state index contributed by atoms with van der Waals surface area (Å²) in [5.74, 6) is 1.58. The van der Waals surface area contributed by atoms with Crippen LogP contribution < -0.4 is 10.1 Å². The van der Waals surface area contributed by atoms with Gasteiger partial charge in [-0.05, 0) is 24.2 Å². The third-order valence-electron chi connectivity index (χ3n) is 2.57. The minimum absolute atomic E-state index is 0.576. The lowest BCUT2D eigenvalue weighted by Gasteiger charge is -2.06. The fourth-order valence-electron chi connectivity index (χ4n) is 1.61. The van der Waals surface area contributed by atoms with E-state index in [0.29, 0.717) is 18.9 Å². The molecule has 2 rings (SSSR count). The predicted octanol–water partition coefficient (Wildman–Crippen LogP) is 2.41. The first-order valence-electron chi connectivity index (χ1n) is 6.19. The molecule has 0 bridgehead atoms. The standard InChI is InChI=1S/C14H18N2O2/c1-2-15-11-12-3-5-13(6-4-12)17-9-7-14-16-8-10-18-14/h3-6,8,10,15H,2,7,9,11H2,1H3. The van der Waals surface area contributed by atoms with Crippen LogP contribution in [0.2, 0.25) is 0 Å². The van der Waals surface area contributed by atoms with E-state index in [1.54, 1.807) is 12.5 Å². The van der Waals surface area contributed by atoms with E-state index in [-0.39, 0.29) is 0 Å². The summed E-state index contributed by atoms with van der Waals surface area (Å²) in [7, 11) is 0. The van der Waals surface area contributed by atoms with Gasteiger partial charge < -0.3 is 14.5 Å². The molecule has 4 heteroatoms. The Morgan fingerprint density at radius 2 is 2.11 bits per heavy atom. The third kappa shape index (κ3) is 3.89. The molecule has 1 aromatic heterocycles. The minimum atomic E-state index is 0.576. The van der Waals surface area contributed by atoms with Gasteiger partial charge in [-0.15, -0.1) is 0 Å². The van der Waals surface area contributed by atoms with E-state index < -0.39 is 0 Å². The molecule has 0 radical (unpaired) electrons. The van der Waals surface area contributed by atoms with Crippen molar-refractivity contribution in [3.8, 4) is 5.75 Å². The SMILES string of the molecule is CCNCc1ccc(OCCc2ncco2)cc1. The average molecular weight is 246 g/mol. The molecule has 1 heterocycles.